The Balaban J connectivity index is 3.95. The van der Waals surface area contributed by atoms with Gasteiger partial charge in [-0.1, -0.05) is 130 Å². The van der Waals surface area contributed by atoms with E-state index in [9.17, 15) is 0 Å². The van der Waals surface area contributed by atoms with E-state index in [0.29, 0.717) is 0 Å². The van der Waals surface area contributed by atoms with Gasteiger partial charge in [0.15, 0.2) is 0 Å². The Bertz CT molecular complexity index is 318. The zero-order valence-electron chi connectivity index (χ0n) is 22.6. The van der Waals surface area contributed by atoms with Crippen molar-refractivity contribution < 1.29 is 0 Å². The van der Waals surface area contributed by atoms with Gasteiger partial charge in [-0.2, -0.15) is 0 Å². The van der Waals surface area contributed by atoms with Gasteiger partial charge in [0.1, 0.15) is 0 Å². The minimum Gasteiger partial charge on any atom is -0.305 e. The average molecular weight is 439 g/mol. The quantitative estimate of drug-likeness (QED) is 0.124. The highest BCUT2D eigenvalue weighted by atomic mass is 15.2. The molecule has 0 aliphatic carbocycles. The van der Waals surface area contributed by atoms with Crippen molar-refractivity contribution in [3.8, 4) is 0 Å². The van der Waals surface area contributed by atoms with Gasteiger partial charge in [-0.15, -0.1) is 0 Å². The molecule has 0 heterocycles. The topological polar surface area (TPSA) is 6.48 Å². The lowest BCUT2D eigenvalue weighted by atomic mass is 10.1. The molecule has 2 nitrogen and oxygen atoms in total. The molecule has 0 bridgehead atoms. The lowest BCUT2D eigenvalue weighted by molar-refractivity contribution is 0.215. The summed E-state index contributed by atoms with van der Waals surface area (Å²) >= 11 is 0. The van der Waals surface area contributed by atoms with Crippen molar-refractivity contribution in [2.75, 3.05) is 39.8 Å². The lowest BCUT2D eigenvalue weighted by Crippen LogP contribution is -2.35. The minimum absolute atomic E-state index is 1.25. The van der Waals surface area contributed by atoms with Crippen molar-refractivity contribution in [2.45, 2.75) is 149 Å². The van der Waals surface area contributed by atoms with Crippen LogP contribution in [0.5, 0.6) is 0 Å². The van der Waals surface area contributed by atoms with E-state index in [1.807, 2.05) is 0 Å². The first-order chi connectivity index (χ1) is 15.2. The molecule has 0 unspecified atom stereocenters. The Morgan fingerprint density at radius 1 is 0.323 bits per heavy atom. The monoisotopic (exact) mass is 438 g/mol. The Labute approximate surface area is 198 Å². The third-order valence-electron chi connectivity index (χ3n) is 6.85. The van der Waals surface area contributed by atoms with Crippen molar-refractivity contribution in [2.24, 2.45) is 0 Å². The minimum atomic E-state index is 1.25. The van der Waals surface area contributed by atoms with Crippen molar-refractivity contribution >= 4 is 0 Å². The van der Waals surface area contributed by atoms with Gasteiger partial charge < -0.3 is 9.80 Å². The summed E-state index contributed by atoms with van der Waals surface area (Å²) < 4.78 is 0. The molecule has 0 atom stereocenters. The lowest BCUT2D eigenvalue weighted by Gasteiger charge is -2.25. The molecular weight excluding hydrogens is 376 g/mol. The van der Waals surface area contributed by atoms with Crippen LogP contribution in [0.1, 0.15) is 149 Å². The van der Waals surface area contributed by atoms with Crippen LogP contribution in [-0.2, 0) is 0 Å². The van der Waals surface area contributed by atoms with Crippen molar-refractivity contribution in [3.05, 3.63) is 0 Å². The Kier molecular flexibility index (Phi) is 26.1. The molecule has 0 aromatic rings. The average Bonchev–Trinajstić information content (AvgIpc) is 2.77. The summed E-state index contributed by atoms with van der Waals surface area (Å²) in [5.41, 5.74) is 0. The van der Waals surface area contributed by atoms with Gasteiger partial charge in [0.2, 0.25) is 0 Å². The van der Waals surface area contributed by atoms with E-state index < -0.39 is 0 Å². The summed E-state index contributed by atoms with van der Waals surface area (Å²) in [6.07, 6.45) is 28.4. The Morgan fingerprint density at radius 3 is 1.03 bits per heavy atom. The van der Waals surface area contributed by atoms with Gasteiger partial charge in [-0.25, -0.2) is 0 Å². The molecule has 31 heavy (non-hydrogen) atoms. The number of rotatable bonds is 26. The SMILES string of the molecule is CCCCCCCCCN(C)CCN(CCCCCCCC)CCCCCCCCC. The van der Waals surface area contributed by atoms with E-state index in [0.717, 1.165) is 0 Å². The van der Waals surface area contributed by atoms with E-state index in [1.165, 1.54) is 161 Å². The van der Waals surface area contributed by atoms with Crippen molar-refractivity contribution in [1.82, 2.24) is 9.80 Å². The van der Waals surface area contributed by atoms with Crippen LogP contribution >= 0.6 is 0 Å². The smallest absolute Gasteiger partial charge is 0.0109 e. The molecule has 0 amide bonds. The summed E-state index contributed by atoms with van der Waals surface area (Å²) in [6, 6.07) is 0. The number of nitrogens with zero attached hydrogens (tertiary/aromatic N) is 2. The molecule has 0 fully saturated rings. The predicted octanol–water partition coefficient (Wildman–Crippen LogP) is 9.08. The maximum absolute atomic E-state index is 2.78. The molecule has 0 aromatic carbocycles. The number of hydrogen-bond acceptors (Lipinski definition) is 2. The number of unbranched alkanes of at least 4 members (excludes halogenated alkanes) is 17. The van der Waals surface area contributed by atoms with Gasteiger partial charge >= 0.3 is 0 Å². The summed E-state index contributed by atoms with van der Waals surface area (Å²) in [7, 11) is 2.34. The standard InChI is InChI=1S/C29H62N2/c1-5-8-11-14-17-19-22-25-30(4)28-29-31(26-23-20-16-13-10-7-3)27-24-21-18-15-12-9-6-2/h5-29H2,1-4H3. The highest BCUT2D eigenvalue weighted by Gasteiger charge is 2.07. The van der Waals surface area contributed by atoms with Gasteiger partial charge in [0, 0.05) is 13.1 Å². The molecule has 188 valence electrons. The third-order valence-corrected chi connectivity index (χ3v) is 6.85. The zero-order chi connectivity index (χ0) is 22.8. The zero-order valence-corrected chi connectivity index (χ0v) is 22.6. The van der Waals surface area contributed by atoms with Crippen molar-refractivity contribution in [1.29, 1.82) is 0 Å². The van der Waals surface area contributed by atoms with Crippen LogP contribution in [0.25, 0.3) is 0 Å². The molecular formula is C29H62N2. The fraction of sp³-hybridized carbons (Fsp3) is 1.00. The van der Waals surface area contributed by atoms with Gasteiger partial charge in [-0.05, 0) is 45.9 Å². The molecule has 0 N–H and O–H groups in total. The second-order valence-corrected chi connectivity index (χ2v) is 10.2. The first-order valence-corrected chi connectivity index (χ1v) is 14.6. The van der Waals surface area contributed by atoms with Crippen LogP contribution in [0, 0.1) is 0 Å². The Morgan fingerprint density at radius 2 is 0.645 bits per heavy atom. The fourth-order valence-corrected chi connectivity index (χ4v) is 4.51. The van der Waals surface area contributed by atoms with Crippen LogP contribution < -0.4 is 0 Å². The van der Waals surface area contributed by atoms with Crippen LogP contribution in [-0.4, -0.2) is 49.6 Å². The number of likely N-dealkylation sites (N-methyl/N-ethyl adjacent to an activating group) is 1. The van der Waals surface area contributed by atoms with Crippen molar-refractivity contribution in [3.63, 3.8) is 0 Å². The maximum Gasteiger partial charge on any atom is 0.0109 e. The number of hydrogen-bond donors (Lipinski definition) is 0. The maximum atomic E-state index is 2.78. The molecule has 0 rings (SSSR count). The van der Waals surface area contributed by atoms with Crippen LogP contribution in [0.15, 0.2) is 0 Å². The summed E-state index contributed by atoms with van der Waals surface area (Å²) in [5.74, 6) is 0. The molecule has 0 saturated heterocycles. The second-order valence-electron chi connectivity index (χ2n) is 10.2. The highest BCUT2D eigenvalue weighted by molar-refractivity contribution is 4.63. The molecule has 0 aromatic heterocycles. The van der Waals surface area contributed by atoms with Crippen LogP contribution in [0.3, 0.4) is 0 Å². The molecule has 0 aliphatic heterocycles. The summed E-state index contributed by atoms with van der Waals surface area (Å²) in [6.45, 7) is 13.4. The predicted molar refractivity (Wildman–Crippen MR) is 143 cm³/mol. The largest absolute Gasteiger partial charge is 0.305 e. The van der Waals surface area contributed by atoms with Gasteiger partial charge in [0.25, 0.3) is 0 Å². The second kappa shape index (κ2) is 26.2. The van der Waals surface area contributed by atoms with E-state index >= 15 is 0 Å². The first kappa shape index (κ1) is 30.9. The van der Waals surface area contributed by atoms with Crippen LogP contribution in [0.2, 0.25) is 0 Å². The van der Waals surface area contributed by atoms with Gasteiger partial charge in [0.05, 0.1) is 0 Å². The highest BCUT2D eigenvalue weighted by Crippen LogP contribution is 2.10. The summed E-state index contributed by atoms with van der Waals surface area (Å²) in [5, 5.41) is 0. The van der Waals surface area contributed by atoms with E-state index in [4.69, 9.17) is 0 Å². The fourth-order valence-electron chi connectivity index (χ4n) is 4.51. The third kappa shape index (κ3) is 24.4. The first-order valence-electron chi connectivity index (χ1n) is 14.6. The molecule has 2 heteroatoms. The van der Waals surface area contributed by atoms with Crippen LogP contribution in [0.4, 0.5) is 0 Å². The molecule has 0 radical (unpaired) electrons. The summed E-state index contributed by atoms with van der Waals surface area (Å²) in [4.78, 5) is 5.37. The van der Waals surface area contributed by atoms with Gasteiger partial charge in [-0.3, -0.25) is 0 Å². The molecule has 0 aliphatic rings. The van der Waals surface area contributed by atoms with E-state index in [2.05, 4.69) is 37.6 Å². The normalized spacial score (nSPS) is 11.8. The van der Waals surface area contributed by atoms with E-state index in [-0.39, 0.29) is 0 Å². The molecule has 0 saturated carbocycles. The molecule has 0 spiro atoms. The van der Waals surface area contributed by atoms with E-state index in [1.54, 1.807) is 0 Å². The Hall–Kier alpha value is -0.0800.